The maximum Gasteiger partial charge on any atom is 0.345 e. The minimum absolute atomic E-state index is 0.0844. The van der Waals surface area contributed by atoms with E-state index in [1.807, 2.05) is 0 Å². The summed E-state index contributed by atoms with van der Waals surface area (Å²) in [5.74, 6) is -1.98. The summed E-state index contributed by atoms with van der Waals surface area (Å²) >= 11 is 0.873. The molecule has 0 fully saturated rings. The van der Waals surface area contributed by atoms with Gasteiger partial charge in [-0.25, -0.2) is 9.18 Å². The molecule has 0 spiro atoms. The van der Waals surface area contributed by atoms with Crippen molar-refractivity contribution in [2.45, 2.75) is 6.92 Å². The highest BCUT2D eigenvalue weighted by molar-refractivity contribution is 7.15. The first kappa shape index (κ1) is 13.2. The van der Waals surface area contributed by atoms with E-state index in [0.29, 0.717) is 5.69 Å². The van der Waals surface area contributed by atoms with Gasteiger partial charge in [-0.2, -0.15) is 0 Å². The second kappa shape index (κ2) is 5.19. The summed E-state index contributed by atoms with van der Waals surface area (Å²) in [5, 5.41) is 11.3. The zero-order valence-corrected chi connectivity index (χ0v) is 10.8. The first-order valence-corrected chi connectivity index (χ1v) is 6.19. The van der Waals surface area contributed by atoms with E-state index in [2.05, 4.69) is 5.32 Å². The molecule has 0 saturated heterocycles. The number of carbonyl (C=O) groups is 2. The zero-order chi connectivity index (χ0) is 14.0. The molecule has 0 aliphatic carbocycles. The maximum absolute atomic E-state index is 13.1. The predicted octanol–water partition coefficient (Wildman–Crippen LogP) is 3.15. The van der Waals surface area contributed by atoms with Crippen molar-refractivity contribution >= 4 is 28.9 Å². The van der Waals surface area contributed by atoms with Crippen LogP contribution in [0.1, 0.15) is 24.9 Å². The topological polar surface area (TPSA) is 66.4 Å². The van der Waals surface area contributed by atoms with E-state index in [-0.39, 0.29) is 9.75 Å². The van der Waals surface area contributed by atoms with Gasteiger partial charge in [0.05, 0.1) is 4.88 Å². The summed E-state index contributed by atoms with van der Waals surface area (Å²) in [5.41, 5.74) is 1.10. The van der Waals surface area contributed by atoms with Gasteiger partial charge in [0.15, 0.2) is 0 Å². The number of carboxylic acid groups (broad SMARTS) is 1. The van der Waals surface area contributed by atoms with Gasteiger partial charge in [0, 0.05) is 5.69 Å². The second-order valence-electron chi connectivity index (χ2n) is 3.88. The lowest BCUT2D eigenvalue weighted by atomic mass is 10.2. The van der Waals surface area contributed by atoms with Gasteiger partial charge in [0.1, 0.15) is 10.7 Å². The molecular formula is C13H10FNO3S. The van der Waals surface area contributed by atoms with Crippen molar-refractivity contribution in [2.24, 2.45) is 0 Å². The molecule has 19 heavy (non-hydrogen) atoms. The number of carbonyl (C=O) groups excluding carboxylic acids is 1. The van der Waals surface area contributed by atoms with Crippen molar-refractivity contribution in [1.29, 1.82) is 0 Å². The van der Waals surface area contributed by atoms with Crippen LogP contribution in [0.5, 0.6) is 0 Å². The van der Waals surface area contributed by atoms with Crippen molar-refractivity contribution in [3.8, 4) is 0 Å². The van der Waals surface area contributed by atoms with Crippen LogP contribution in [0.3, 0.4) is 0 Å². The average molecular weight is 279 g/mol. The fourth-order valence-corrected chi connectivity index (χ4v) is 2.23. The summed E-state index contributed by atoms with van der Waals surface area (Å²) in [6.45, 7) is 1.74. The molecule has 2 aromatic rings. The van der Waals surface area contributed by atoms with Gasteiger partial charge in [-0.3, -0.25) is 4.79 Å². The predicted molar refractivity (Wildman–Crippen MR) is 70.4 cm³/mol. The summed E-state index contributed by atoms with van der Waals surface area (Å²) in [4.78, 5) is 23.0. The van der Waals surface area contributed by atoms with Gasteiger partial charge in [-0.15, -0.1) is 11.3 Å². The SMILES string of the molecule is Cc1ccc(F)cc1NC(=O)c1ccc(C(=O)O)s1. The van der Waals surface area contributed by atoms with Crippen LogP contribution in [0.2, 0.25) is 0 Å². The van der Waals surface area contributed by atoms with Crippen molar-refractivity contribution in [2.75, 3.05) is 5.32 Å². The highest BCUT2D eigenvalue weighted by Gasteiger charge is 2.14. The Labute approximate surface area is 112 Å². The molecule has 0 saturated carbocycles. The smallest absolute Gasteiger partial charge is 0.345 e. The van der Waals surface area contributed by atoms with E-state index >= 15 is 0 Å². The highest BCUT2D eigenvalue weighted by atomic mass is 32.1. The largest absolute Gasteiger partial charge is 0.477 e. The molecule has 0 aliphatic heterocycles. The molecule has 0 radical (unpaired) electrons. The summed E-state index contributed by atoms with van der Waals surface area (Å²) < 4.78 is 13.1. The fraction of sp³-hybridized carbons (Fsp3) is 0.0769. The summed E-state index contributed by atoms with van der Waals surface area (Å²) in [6.07, 6.45) is 0. The fourth-order valence-electron chi connectivity index (χ4n) is 1.49. The Hall–Kier alpha value is -2.21. The number of hydrogen-bond acceptors (Lipinski definition) is 3. The monoisotopic (exact) mass is 279 g/mol. The van der Waals surface area contributed by atoms with Crippen LogP contribution >= 0.6 is 11.3 Å². The number of rotatable bonds is 3. The van der Waals surface area contributed by atoms with Crippen LogP contribution in [-0.2, 0) is 0 Å². The summed E-state index contributed by atoms with van der Waals surface area (Å²) in [6, 6.07) is 6.87. The molecule has 1 heterocycles. The molecule has 1 amide bonds. The van der Waals surface area contributed by atoms with Crippen LogP contribution in [0.25, 0.3) is 0 Å². The zero-order valence-electron chi connectivity index (χ0n) is 9.94. The number of halogens is 1. The Bertz CT molecular complexity index is 651. The number of aryl methyl sites for hydroxylation is 1. The van der Waals surface area contributed by atoms with E-state index in [1.165, 1.54) is 24.3 Å². The number of amides is 1. The molecule has 2 N–H and O–H groups in total. The number of carboxylic acids is 1. The third-order valence-corrected chi connectivity index (χ3v) is 3.56. The van der Waals surface area contributed by atoms with E-state index in [0.717, 1.165) is 16.9 Å². The number of anilines is 1. The third kappa shape index (κ3) is 2.97. The number of thiophene rings is 1. The lowest BCUT2D eigenvalue weighted by Gasteiger charge is -2.07. The van der Waals surface area contributed by atoms with Gasteiger partial charge >= 0.3 is 5.97 Å². The van der Waals surface area contributed by atoms with Gasteiger partial charge < -0.3 is 10.4 Å². The minimum atomic E-state index is -1.08. The Balaban J connectivity index is 2.20. The molecule has 6 heteroatoms. The summed E-state index contributed by atoms with van der Waals surface area (Å²) in [7, 11) is 0. The third-order valence-electron chi connectivity index (χ3n) is 2.49. The number of benzene rings is 1. The Kier molecular flexibility index (Phi) is 3.62. The first-order valence-electron chi connectivity index (χ1n) is 5.38. The Morgan fingerprint density at radius 2 is 1.89 bits per heavy atom. The van der Waals surface area contributed by atoms with Crippen LogP contribution in [-0.4, -0.2) is 17.0 Å². The molecule has 0 atom stereocenters. The van der Waals surface area contributed by atoms with E-state index < -0.39 is 17.7 Å². The number of nitrogens with one attached hydrogen (secondary N) is 1. The van der Waals surface area contributed by atoms with Crippen molar-refractivity contribution in [3.05, 3.63) is 51.5 Å². The van der Waals surface area contributed by atoms with Crippen LogP contribution in [0.4, 0.5) is 10.1 Å². The average Bonchev–Trinajstić information content (AvgIpc) is 2.83. The molecule has 1 aromatic carbocycles. The van der Waals surface area contributed by atoms with Gasteiger partial charge in [0.25, 0.3) is 5.91 Å². The molecule has 2 rings (SSSR count). The van der Waals surface area contributed by atoms with Crippen LogP contribution < -0.4 is 5.32 Å². The highest BCUT2D eigenvalue weighted by Crippen LogP contribution is 2.20. The van der Waals surface area contributed by atoms with Crippen molar-refractivity contribution < 1.29 is 19.1 Å². The van der Waals surface area contributed by atoms with E-state index in [9.17, 15) is 14.0 Å². The Morgan fingerprint density at radius 1 is 1.21 bits per heavy atom. The lowest BCUT2D eigenvalue weighted by molar-refractivity contribution is 0.0702. The van der Waals surface area contributed by atoms with Gasteiger partial charge in [0.2, 0.25) is 0 Å². The van der Waals surface area contributed by atoms with E-state index in [1.54, 1.807) is 13.0 Å². The van der Waals surface area contributed by atoms with Crippen molar-refractivity contribution in [3.63, 3.8) is 0 Å². The molecule has 0 unspecified atom stereocenters. The van der Waals surface area contributed by atoms with Gasteiger partial charge in [-0.05, 0) is 36.8 Å². The Morgan fingerprint density at radius 3 is 2.53 bits per heavy atom. The standard InChI is InChI=1S/C13H10FNO3S/c1-7-2-3-8(14)6-9(7)15-12(16)10-4-5-11(19-10)13(17)18/h2-6H,1H3,(H,15,16)(H,17,18). The second-order valence-corrected chi connectivity index (χ2v) is 4.97. The molecule has 98 valence electrons. The van der Waals surface area contributed by atoms with E-state index in [4.69, 9.17) is 5.11 Å². The van der Waals surface area contributed by atoms with Gasteiger partial charge in [-0.1, -0.05) is 6.07 Å². The molecular weight excluding hydrogens is 269 g/mol. The minimum Gasteiger partial charge on any atom is -0.477 e. The molecule has 0 bridgehead atoms. The molecule has 1 aromatic heterocycles. The quantitative estimate of drug-likeness (QED) is 0.907. The number of hydrogen-bond donors (Lipinski definition) is 2. The van der Waals surface area contributed by atoms with Crippen molar-refractivity contribution in [1.82, 2.24) is 0 Å². The lowest BCUT2D eigenvalue weighted by Crippen LogP contribution is -2.11. The first-order chi connectivity index (χ1) is 8.97. The molecule has 0 aliphatic rings. The molecule has 4 nitrogen and oxygen atoms in total. The van der Waals surface area contributed by atoms with Crippen LogP contribution in [0, 0.1) is 12.7 Å². The van der Waals surface area contributed by atoms with Crippen LogP contribution in [0.15, 0.2) is 30.3 Å². The maximum atomic E-state index is 13.1. The number of aromatic carboxylic acids is 1. The normalized spacial score (nSPS) is 10.2.